The number of aromatic nitrogens is 1. The van der Waals surface area contributed by atoms with Gasteiger partial charge in [-0.25, -0.2) is 4.79 Å². The molecule has 0 radical (unpaired) electrons. The van der Waals surface area contributed by atoms with Gasteiger partial charge in [0, 0.05) is 36.0 Å². The summed E-state index contributed by atoms with van der Waals surface area (Å²) >= 11 is 0. The maximum atomic E-state index is 11.0. The van der Waals surface area contributed by atoms with E-state index in [1.54, 1.807) is 24.3 Å². The SMILES string of the molecule is C[C@@H]1CN(c2ccc(-c3cc(-c4ccc(C(=O)O)cc4)no3)cc2)C[C@H](C)O1. The molecular formula is C22H22N2O4. The second-order valence-corrected chi connectivity index (χ2v) is 7.17. The van der Waals surface area contributed by atoms with Crippen molar-refractivity contribution in [2.45, 2.75) is 26.1 Å². The molecule has 0 aliphatic carbocycles. The lowest BCUT2D eigenvalue weighted by Crippen LogP contribution is -2.45. The molecule has 4 rings (SSSR count). The first-order chi connectivity index (χ1) is 13.5. The number of rotatable bonds is 4. The molecule has 28 heavy (non-hydrogen) atoms. The molecular weight excluding hydrogens is 356 g/mol. The van der Waals surface area contributed by atoms with Gasteiger partial charge >= 0.3 is 5.97 Å². The molecule has 2 aromatic carbocycles. The molecule has 144 valence electrons. The summed E-state index contributed by atoms with van der Waals surface area (Å²) in [7, 11) is 0. The van der Waals surface area contributed by atoms with E-state index in [-0.39, 0.29) is 17.8 Å². The summed E-state index contributed by atoms with van der Waals surface area (Å²) in [5.41, 5.74) is 3.84. The van der Waals surface area contributed by atoms with Crippen LogP contribution in [0.5, 0.6) is 0 Å². The lowest BCUT2D eigenvalue weighted by molar-refractivity contribution is -0.00522. The highest BCUT2D eigenvalue weighted by atomic mass is 16.5. The molecule has 2 heterocycles. The maximum absolute atomic E-state index is 11.0. The molecule has 1 saturated heterocycles. The number of hydrogen-bond donors (Lipinski definition) is 1. The zero-order valence-corrected chi connectivity index (χ0v) is 15.8. The molecule has 2 atom stereocenters. The fourth-order valence-corrected chi connectivity index (χ4v) is 3.56. The summed E-state index contributed by atoms with van der Waals surface area (Å²) in [5, 5.41) is 13.1. The van der Waals surface area contributed by atoms with Gasteiger partial charge in [0.15, 0.2) is 5.76 Å². The van der Waals surface area contributed by atoms with Crippen molar-refractivity contribution in [1.82, 2.24) is 5.16 Å². The molecule has 1 aliphatic heterocycles. The van der Waals surface area contributed by atoms with Gasteiger partial charge in [0.05, 0.1) is 17.8 Å². The second-order valence-electron chi connectivity index (χ2n) is 7.17. The van der Waals surface area contributed by atoms with Crippen LogP contribution in [-0.2, 0) is 4.74 Å². The zero-order chi connectivity index (χ0) is 19.7. The Morgan fingerprint density at radius 1 is 1.00 bits per heavy atom. The summed E-state index contributed by atoms with van der Waals surface area (Å²) in [6.45, 7) is 5.94. The first kappa shape index (κ1) is 18.3. The van der Waals surface area contributed by atoms with Gasteiger partial charge in [-0.15, -0.1) is 0 Å². The van der Waals surface area contributed by atoms with Crippen LogP contribution in [0.25, 0.3) is 22.6 Å². The van der Waals surface area contributed by atoms with Crippen LogP contribution in [-0.4, -0.2) is 41.5 Å². The maximum Gasteiger partial charge on any atom is 0.335 e. The van der Waals surface area contributed by atoms with E-state index in [9.17, 15) is 4.79 Å². The van der Waals surface area contributed by atoms with Gasteiger partial charge in [0.25, 0.3) is 0 Å². The average molecular weight is 378 g/mol. The van der Waals surface area contributed by atoms with Crippen molar-refractivity contribution >= 4 is 11.7 Å². The van der Waals surface area contributed by atoms with Crippen molar-refractivity contribution in [3.05, 3.63) is 60.2 Å². The summed E-state index contributed by atoms with van der Waals surface area (Å²) in [5.74, 6) is -0.274. The van der Waals surface area contributed by atoms with Crippen LogP contribution in [0.4, 0.5) is 5.69 Å². The van der Waals surface area contributed by atoms with Gasteiger partial charge in [-0.2, -0.15) is 0 Å². The van der Waals surface area contributed by atoms with E-state index < -0.39 is 5.97 Å². The summed E-state index contributed by atoms with van der Waals surface area (Å²) in [6.07, 6.45) is 0.431. The topological polar surface area (TPSA) is 75.8 Å². The highest BCUT2D eigenvalue weighted by Crippen LogP contribution is 2.28. The number of morpholine rings is 1. The smallest absolute Gasteiger partial charge is 0.335 e. The van der Waals surface area contributed by atoms with Gasteiger partial charge in [-0.05, 0) is 50.2 Å². The first-order valence-corrected chi connectivity index (χ1v) is 9.31. The molecule has 1 N–H and O–H groups in total. The van der Waals surface area contributed by atoms with Crippen LogP contribution >= 0.6 is 0 Å². The number of anilines is 1. The number of carboxylic acids is 1. The Morgan fingerprint density at radius 2 is 1.61 bits per heavy atom. The minimum Gasteiger partial charge on any atom is -0.478 e. The largest absolute Gasteiger partial charge is 0.478 e. The molecule has 6 nitrogen and oxygen atoms in total. The van der Waals surface area contributed by atoms with E-state index in [0.29, 0.717) is 11.5 Å². The van der Waals surface area contributed by atoms with Crippen molar-refractivity contribution in [1.29, 1.82) is 0 Å². The minimum absolute atomic E-state index is 0.216. The Morgan fingerprint density at radius 3 is 2.21 bits per heavy atom. The van der Waals surface area contributed by atoms with Crippen LogP contribution in [0.15, 0.2) is 59.1 Å². The molecule has 0 amide bonds. The number of nitrogens with zero attached hydrogens (tertiary/aromatic N) is 2. The standard InChI is InChI=1S/C22H22N2O4/c1-14-12-24(13-15(2)27-14)19-9-7-17(8-10-19)21-11-20(23-28-21)16-3-5-18(6-4-16)22(25)26/h3-11,14-15H,12-13H2,1-2H3,(H,25,26)/t14-,15+. The quantitative estimate of drug-likeness (QED) is 0.729. The van der Waals surface area contributed by atoms with Crippen molar-refractivity contribution in [2.75, 3.05) is 18.0 Å². The molecule has 0 unspecified atom stereocenters. The number of hydrogen-bond acceptors (Lipinski definition) is 5. The summed E-state index contributed by atoms with van der Waals surface area (Å²) in [6, 6.07) is 16.7. The fraction of sp³-hybridized carbons (Fsp3) is 0.273. The second kappa shape index (κ2) is 7.48. The Kier molecular flexibility index (Phi) is 4.88. The zero-order valence-electron chi connectivity index (χ0n) is 15.8. The highest BCUT2D eigenvalue weighted by molar-refractivity contribution is 5.88. The third-order valence-electron chi connectivity index (χ3n) is 4.87. The molecule has 1 aliphatic rings. The van der Waals surface area contributed by atoms with Crippen molar-refractivity contribution in [3.8, 4) is 22.6 Å². The van der Waals surface area contributed by atoms with Gasteiger partial charge < -0.3 is 19.3 Å². The lowest BCUT2D eigenvalue weighted by Gasteiger charge is -2.36. The summed E-state index contributed by atoms with van der Waals surface area (Å²) in [4.78, 5) is 13.3. The number of benzene rings is 2. The van der Waals surface area contributed by atoms with Crippen LogP contribution < -0.4 is 4.90 Å². The highest BCUT2D eigenvalue weighted by Gasteiger charge is 2.22. The average Bonchev–Trinajstić information content (AvgIpc) is 3.18. The third-order valence-corrected chi connectivity index (χ3v) is 4.87. The Balaban J connectivity index is 1.51. The lowest BCUT2D eigenvalue weighted by atomic mass is 10.1. The van der Waals surface area contributed by atoms with E-state index in [2.05, 4.69) is 36.0 Å². The van der Waals surface area contributed by atoms with Gasteiger partial charge in [-0.3, -0.25) is 0 Å². The van der Waals surface area contributed by atoms with Gasteiger partial charge in [0.2, 0.25) is 0 Å². The third kappa shape index (κ3) is 3.77. The van der Waals surface area contributed by atoms with Crippen LogP contribution in [0.2, 0.25) is 0 Å². The molecule has 0 spiro atoms. The van der Waals surface area contributed by atoms with E-state index in [4.69, 9.17) is 14.4 Å². The molecule has 1 aromatic heterocycles. The van der Waals surface area contributed by atoms with E-state index >= 15 is 0 Å². The summed E-state index contributed by atoms with van der Waals surface area (Å²) < 4.78 is 11.3. The number of ether oxygens (including phenoxy) is 1. The molecule has 0 bridgehead atoms. The molecule has 6 heteroatoms. The molecule has 0 saturated carbocycles. The Hall–Kier alpha value is -3.12. The Labute approximate surface area is 163 Å². The van der Waals surface area contributed by atoms with E-state index in [1.807, 2.05) is 18.2 Å². The predicted octanol–water partition coefficient (Wildman–Crippen LogP) is 4.32. The van der Waals surface area contributed by atoms with Crippen LogP contribution in [0, 0.1) is 0 Å². The molecule has 1 fully saturated rings. The van der Waals surface area contributed by atoms with Crippen molar-refractivity contribution in [2.24, 2.45) is 0 Å². The first-order valence-electron chi connectivity index (χ1n) is 9.31. The molecule has 3 aromatic rings. The normalized spacial score (nSPS) is 19.6. The fourth-order valence-electron chi connectivity index (χ4n) is 3.56. The van der Waals surface area contributed by atoms with Crippen LogP contribution in [0.1, 0.15) is 24.2 Å². The Bertz CT molecular complexity index is 953. The van der Waals surface area contributed by atoms with E-state index in [1.165, 1.54) is 0 Å². The van der Waals surface area contributed by atoms with E-state index in [0.717, 1.165) is 29.9 Å². The van der Waals surface area contributed by atoms with Crippen molar-refractivity contribution in [3.63, 3.8) is 0 Å². The minimum atomic E-state index is -0.948. The van der Waals surface area contributed by atoms with Crippen LogP contribution in [0.3, 0.4) is 0 Å². The van der Waals surface area contributed by atoms with Gasteiger partial charge in [0.1, 0.15) is 5.69 Å². The van der Waals surface area contributed by atoms with Crippen molar-refractivity contribution < 1.29 is 19.2 Å². The monoisotopic (exact) mass is 378 g/mol. The number of carboxylic acid groups (broad SMARTS) is 1. The number of carbonyl (C=O) groups is 1. The van der Waals surface area contributed by atoms with Gasteiger partial charge in [-0.1, -0.05) is 17.3 Å². The predicted molar refractivity (Wildman–Crippen MR) is 107 cm³/mol. The number of aromatic carboxylic acids is 1.